The molecular weight excluding hydrogens is 442 g/mol. The smallest absolute Gasteiger partial charge is 0.319 e. The summed E-state index contributed by atoms with van der Waals surface area (Å²) >= 11 is 0. The van der Waals surface area contributed by atoms with E-state index in [0.29, 0.717) is 43.3 Å². The second kappa shape index (κ2) is 9.69. The molecule has 0 spiro atoms. The number of carbonyl (C=O) groups is 1. The first-order valence-electron chi connectivity index (χ1n) is 11.8. The highest BCUT2D eigenvalue weighted by molar-refractivity contribution is 5.98. The molecule has 9 nitrogen and oxygen atoms in total. The zero-order valence-electron chi connectivity index (χ0n) is 20.3. The Hall–Kier alpha value is -4.01. The van der Waals surface area contributed by atoms with Gasteiger partial charge in [0, 0.05) is 64.7 Å². The molecule has 35 heavy (non-hydrogen) atoms. The van der Waals surface area contributed by atoms with Gasteiger partial charge in [-0.05, 0) is 31.0 Å². The summed E-state index contributed by atoms with van der Waals surface area (Å²) < 4.78 is 5.73. The zero-order chi connectivity index (χ0) is 24.4. The summed E-state index contributed by atoms with van der Waals surface area (Å²) in [5.74, 6) is 1.46. The number of fused-ring (bicyclic) bond motifs is 1. The molecule has 1 aromatic carbocycles. The summed E-state index contributed by atoms with van der Waals surface area (Å²) in [5, 5.41) is 5.13. The van der Waals surface area contributed by atoms with Crippen molar-refractivity contribution in [1.82, 2.24) is 29.9 Å². The highest BCUT2D eigenvalue weighted by Crippen LogP contribution is 2.34. The van der Waals surface area contributed by atoms with Crippen molar-refractivity contribution < 1.29 is 9.32 Å². The van der Waals surface area contributed by atoms with Crippen LogP contribution in [0.3, 0.4) is 0 Å². The molecule has 0 atom stereocenters. The minimum absolute atomic E-state index is 0.0285. The molecule has 4 heterocycles. The van der Waals surface area contributed by atoms with E-state index in [2.05, 4.69) is 46.2 Å². The molecule has 1 fully saturated rings. The van der Waals surface area contributed by atoms with Gasteiger partial charge in [-0.2, -0.15) is 4.98 Å². The van der Waals surface area contributed by atoms with E-state index in [-0.39, 0.29) is 6.03 Å². The van der Waals surface area contributed by atoms with Crippen LogP contribution in [0.5, 0.6) is 0 Å². The van der Waals surface area contributed by atoms with Crippen LogP contribution in [-0.4, -0.2) is 76.2 Å². The molecular formula is C26H29N7O2. The van der Waals surface area contributed by atoms with E-state index in [1.165, 1.54) is 5.56 Å². The number of rotatable bonds is 4. The lowest BCUT2D eigenvalue weighted by Crippen LogP contribution is -2.41. The van der Waals surface area contributed by atoms with Crippen LogP contribution in [0, 0.1) is 6.92 Å². The average molecular weight is 472 g/mol. The first-order chi connectivity index (χ1) is 17.0. The van der Waals surface area contributed by atoms with Gasteiger partial charge in [-0.25, -0.2) is 9.78 Å². The van der Waals surface area contributed by atoms with E-state index in [9.17, 15) is 4.79 Å². The summed E-state index contributed by atoms with van der Waals surface area (Å²) in [6.45, 7) is 4.82. The maximum atomic E-state index is 12.6. The highest BCUT2D eigenvalue weighted by Gasteiger charge is 2.26. The number of benzene rings is 1. The number of anilines is 1. The number of carbonyl (C=O) groups excluding carboxylic acids is 1. The van der Waals surface area contributed by atoms with Gasteiger partial charge in [0.25, 0.3) is 5.71 Å². The molecule has 0 aliphatic carbocycles. The van der Waals surface area contributed by atoms with Crippen molar-refractivity contribution in [1.29, 1.82) is 0 Å². The molecule has 2 amide bonds. The van der Waals surface area contributed by atoms with Gasteiger partial charge in [0.15, 0.2) is 0 Å². The number of urea groups is 1. The molecule has 0 N–H and O–H groups in total. The second-order valence-corrected chi connectivity index (χ2v) is 9.08. The minimum Gasteiger partial charge on any atom is -0.354 e. The van der Waals surface area contributed by atoms with Crippen molar-refractivity contribution in [3.8, 4) is 11.3 Å². The standard InChI is InChI=1S/C26H29N7O2/c1-18-7-9-19(10-8-18)16-21-28-24(32-12-5-13-33(15-14-32)26(34)31(2)3)22-23(30-35-25(22)29-21)20-6-4-11-27-17-20/h4,6-11,17H,5,12-16H2,1-3H3. The largest absolute Gasteiger partial charge is 0.354 e. The molecule has 1 aliphatic rings. The van der Waals surface area contributed by atoms with Crippen molar-refractivity contribution >= 4 is 22.9 Å². The first kappa shape index (κ1) is 22.8. The van der Waals surface area contributed by atoms with E-state index in [4.69, 9.17) is 14.5 Å². The molecule has 0 unspecified atom stereocenters. The Morgan fingerprint density at radius 3 is 2.63 bits per heavy atom. The molecule has 3 aromatic heterocycles. The van der Waals surface area contributed by atoms with Crippen LogP contribution in [0.25, 0.3) is 22.4 Å². The van der Waals surface area contributed by atoms with Crippen molar-refractivity contribution in [2.75, 3.05) is 45.2 Å². The van der Waals surface area contributed by atoms with Gasteiger partial charge < -0.3 is 19.2 Å². The van der Waals surface area contributed by atoms with Gasteiger partial charge in [-0.3, -0.25) is 4.98 Å². The summed E-state index contributed by atoms with van der Waals surface area (Å²) in [4.78, 5) is 32.3. The third kappa shape index (κ3) is 4.80. The van der Waals surface area contributed by atoms with Crippen molar-refractivity contribution in [2.45, 2.75) is 19.8 Å². The zero-order valence-corrected chi connectivity index (χ0v) is 20.3. The fraction of sp³-hybridized carbons (Fsp3) is 0.346. The normalized spacial score (nSPS) is 14.3. The first-order valence-corrected chi connectivity index (χ1v) is 11.8. The van der Waals surface area contributed by atoms with Gasteiger partial charge in [-0.15, -0.1) is 0 Å². The monoisotopic (exact) mass is 471 g/mol. The minimum atomic E-state index is 0.0285. The lowest BCUT2D eigenvalue weighted by atomic mass is 10.1. The van der Waals surface area contributed by atoms with E-state index in [1.807, 2.05) is 17.0 Å². The van der Waals surface area contributed by atoms with Crippen LogP contribution in [-0.2, 0) is 6.42 Å². The van der Waals surface area contributed by atoms with Crippen molar-refractivity contribution in [2.24, 2.45) is 0 Å². The number of pyridine rings is 1. The van der Waals surface area contributed by atoms with Crippen LogP contribution in [0.1, 0.15) is 23.4 Å². The lowest BCUT2D eigenvalue weighted by Gasteiger charge is -2.25. The van der Waals surface area contributed by atoms with Gasteiger partial charge in [0.1, 0.15) is 22.7 Å². The second-order valence-electron chi connectivity index (χ2n) is 9.08. The van der Waals surface area contributed by atoms with Crippen LogP contribution >= 0.6 is 0 Å². The summed E-state index contributed by atoms with van der Waals surface area (Å²) in [7, 11) is 3.57. The van der Waals surface area contributed by atoms with Gasteiger partial charge >= 0.3 is 6.03 Å². The van der Waals surface area contributed by atoms with E-state index < -0.39 is 0 Å². The topological polar surface area (TPSA) is 91.5 Å². The molecule has 4 aromatic rings. The number of nitrogens with zero attached hydrogens (tertiary/aromatic N) is 7. The summed E-state index contributed by atoms with van der Waals surface area (Å²) in [6, 6.07) is 12.2. The van der Waals surface area contributed by atoms with E-state index in [1.54, 1.807) is 31.4 Å². The van der Waals surface area contributed by atoms with E-state index >= 15 is 0 Å². The van der Waals surface area contributed by atoms with Gasteiger partial charge in [0.2, 0.25) is 0 Å². The van der Waals surface area contributed by atoms with Crippen molar-refractivity contribution in [3.63, 3.8) is 0 Å². The number of aryl methyl sites for hydroxylation is 1. The maximum Gasteiger partial charge on any atom is 0.319 e. The Morgan fingerprint density at radius 2 is 1.89 bits per heavy atom. The van der Waals surface area contributed by atoms with Crippen LogP contribution < -0.4 is 4.90 Å². The molecule has 0 saturated carbocycles. The quantitative estimate of drug-likeness (QED) is 0.447. The Labute approximate surface area is 204 Å². The molecule has 180 valence electrons. The summed E-state index contributed by atoms with van der Waals surface area (Å²) in [6.07, 6.45) is 4.92. The summed E-state index contributed by atoms with van der Waals surface area (Å²) in [5.41, 5.74) is 4.33. The fourth-order valence-electron chi connectivity index (χ4n) is 4.38. The maximum absolute atomic E-state index is 12.6. The molecule has 5 rings (SSSR count). The lowest BCUT2D eigenvalue weighted by molar-refractivity contribution is 0.174. The van der Waals surface area contributed by atoms with Crippen LogP contribution in [0.4, 0.5) is 10.6 Å². The third-order valence-electron chi connectivity index (χ3n) is 6.23. The Kier molecular flexibility index (Phi) is 6.31. The molecule has 9 heteroatoms. The Balaban J connectivity index is 1.55. The Bertz CT molecular complexity index is 1320. The third-order valence-corrected chi connectivity index (χ3v) is 6.23. The molecule has 0 bridgehead atoms. The van der Waals surface area contributed by atoms with Crippen LogP contribution in [0.2, 0.25) is 0 Å². The SMILES string of the molecule is Cc1ccc(Cc2nc(N3CCCN(C(=O)N(C)C)CC3)c3c(-c4cccnc4)noc3n2)cc1. The molecule has 1 aliphatic heterocycles. The average Bonchev–Trinajstić information content (AvgIpc) is 3.14. The predicted octanol–water partition coefficient (Wildman–Crippen LogP) is 3.77. The van der Waals surface area contributed by atoms with Crippen molar-refractivity contribution in [3.05, 3.63) is 65.7 Å². The number of hydrogen-bond donors (Lipinski definition) is 0. The van der Waals surface area contributed by atoms with Gasteiger partial charge in [-0.1, -0.05) is 35.0 Å². The Morgan fingerprint density at radius 1 is 1.06 bits per heavy atom. The number of hydrogen-bond acceptors (Lipinski definition) is 7. The molecule has 0 radical (unpaired) electrons. The van der Waals surface area contributed by atoms with Gasteiger partial charge in [0.05, 0.1) is 0 Å². The number of amides is 2. The highest BCUT2D eigenvalue weighted by atomic mass is 16.5. The predicted molar refractivity (Wildman–Crippen MR) is 134 cm³/mol. The van der Waals surface area contributed by atoms with E-state index in [0.717, 1.165) is 35.3 Å². The fourth-order valence-corrected chi connectivity index (χ4v) is 4.38. The van der Waals surface area contributed by atoms with Crippen LogP contribution in [0.15, 0.2) is 53.3 Å². The molecule has 1 saturated heterocycles. The number of aromatic nitrogens is 4.